The van der Waals surface area contributed by atoms with Gasteiger partial charge in [-0.25, -0.2) is 14.1 Å². The number of aromatic nitrogens is 4. The Balaban J connectivity index is 1.22. The number of pyridine rings is 1. The zero-order chi connectivity index (χ0) is 30.2. The van der Waals surface area contributed by atoms with E-state index >= 15 is 0 Å². The zero-order valence-electron chi connectivity index (χ0n) is 25.0. The van der Waals surface area contributed by atoms with E-state index in [0.29, 0.717) is 23.2 Å². The van der Waals surface area contributed by atoms with Gasteiger partial charge in [-0.05, 0) is 78.8 Å². The second-order valence-corrected chi connectivity index (χ2v) is 11.7. The third-order valence-corrected chi connectivity index (χ3v) is 8.12. The Kier molecular flexibility index (Phi) is 7.18. The number of para-hydroxylation sites is 1. The summed E-state index contributed by atoms with van der Waals surface area (Å²) in [4.78, 5) is 4.47. The summed E-state index contributed by atoms with van der Waals surface area (Å²) in [5, 5.41) is 6.84. The Bertz CT molecular complexity index is 2120. The van der Waals surface area contributed by atoms with Crippen molar-refractivity contribution in [3.05, 3.63) is 133 Å². The van der Waals surface area contributed by atoms with E-state index in [9.17, 15) is 4.39 Å². The highest BCUT2D eigenvalue weighted by Crippen LogP contribution is 2.35. The lowest BCUT2D eigenvalue weighted by Gasteiger charge is -2.12. The zero-order valence-corrected chi connectivity index (χ0v) is 25.0. The molecule has 7 rings (SSSR count). The number of benzene rings is 4. The van der Waals surface area contributed by atoms with E-state index in [0.717, 1.165) is 45.9 Å². The Morgan fingerprint density at radius 1 is 0.818 bits per heavy atom. The highest BCUT2D eigenvalue weighted by atomic mass is 19.1. The molecule has 0 aliphatic carbocycles. The van der Waals surface area contributed by atoms with Gasteiger partial charge in [0.25, 0.3) is 0 Å². The van der Waals surface area contributed by atoms with Gasteiger partial charge < -0.3 is 4.74 Å². The minimum absolute atomic E-state index is 0.332. The minimum Gasteiger partial charge on any atom is -0.457 e. The molecule has 0 bridgehead atoms. The van der Waals surface area contributed by atoms with E-state index in [4.69, 9.17) is 9.84 Å². The van der Waals surface area contributed by atoms with Crippen LogP contribution < -0.4 is 4.74 Å². The van der Waals surface area contributed by atoms with Gasteiger partial charge in [0.2, 0.25) is 0 Å². The highest BCUT2D eigenvalue weighted by molar-refractivity contribution is 6.09. The average Bonchev–Trinajstić information content (AvgIpc) is 3.63. The van der Waals surface area contributed by atoms with Crippen LogP contribution in [-0.4, -0.2) is 19.3 Å². The molecule has 3 aromatic heterocycles. The molecule has 0 N–H and O–H groups in total. The lowest BCUT2D eigenvalue weighted by atomic mass is 9.92. The number of ether oxygens (including phenoxy) is 1. The topological polar surface area (TPSA) is 44.9 Å². The average molecular weight is 581 g/mol. The second-order valence-electron chi connectivity index (χ2n) is 11.7. The van der Waals surface area contributed by atoms with E-state index in [1.807, 2.05) is 76.1 Å². The van der Waals surface area contributed by atoms with Crippen LogP contribution in [0.1, 0.15) is 31.4 Å². The molecule has 5 nitrogen and oxygen atoms in total. The number of hydrogen-bond donors (Lipinski definition) is 0. The smallest absolute Gasteiger partial charge is 0.140 e. The Hall–Kier alpha value is -5.23. The first-order valence-corrected chi connectivity index (χ1v) is 15.0. The maximum absolute atomic E-state index is 14.2. The van der Waals surface area contributed by atoms with Crippen LogP contribution in [0, 0.1) is 18.7 Å². The number of aryl methyl sites for hydroxylation is 2. The van der Waals surface area contributed by atoms with Crippen molar-refractivity contribution in [2.75, 3.05) is 0 Å². The van der Waals surface area contributed by atoms with E-state index in [1.54, 1.807) is 0 Å². The Morgan fingerprint density at radius 3 is 2.50 bits per heavy atom. The number of nitrogens with zero attached hydrogens (tertiary/aromatic N) is 4. The summed E-state index contributed by atoms with van der Waals surface area (Å²) < 4.78 is 24.5. The Morgan fingerprint density at radius 2 is 1.64 bits per heavy atom. The Labute approximate surface area is 256 Å². The molecule has 0 fully saturated rings. The standard InChI is InChI=1S/C38H33FN4O/c1-25(2)14-15-27-9-6-8-26(3)38(27)28-23-41-42(24-28)30-10-7-11-31(21-30)44-32-16-17-34-33-12-4-5-13-35(33)43(36(34)22-32)37-20-29(39)18-19-40-37/h4-13,16-25H,14-15H2,1-3H3. The number of hydrogen-bond acceptors (Lipinski definition) is 3. The predicted octanol–water partition coefficient (Wildman–Crippen LogP) is 9.86. The molecule has 0 saturated heterocycles. The van der Waals surface area contributed by atoms with Crippen LogP contribution in [0.15, 0.2) is 116 Å². The molecule has 218 valence electrons. The quantitative estimate of drug-likeness (QED) is 0.180. The van der Waals surface area contributed by atoms with Crippen LogP contribution in [0.5, 0.6) is 11.5 Å². The van der Waals surface area contributed by atoms with E-state index < -0.39 is 0 Å². The van der Waals surface area contributed by atoms with E-state index in [1.165, 1.54) is 35.0 Å². The summed E-state index contributed by atoms with van der Waals surface area (Å²) in [5.41, 5.74) is 7.74. The summed E-state index contributed by atoms with van der Waals surface area (Å²) in [5.74, 6) is 2.20. The molecule has 3 heterocycles. The summed E-state index contributed by atoms with van der Waals surface area (Å²) in [6, 6.07) is 31.3. The number of fused-ring (bicyclic) bond motifs is 3. The van der Waals surface area contributed by atoms with Crippen LogP contribution in [0.3, 0.4) is 0 Å². The molecule has 7 aromatic rings. The lowest BCUT2D eigenvalue weighted by molar-refractivity contribution is 0.483. The molecular weight excluding hydrogens is 547 g/mol. The SMILES string of the molecule is Cc1cccc(CCC(C)C)c1-c1cnn(-c2cccc(Oc3ccc4c5ccccc5n(-c5cc(F)ccn5)c4c3)c2)c1. The molecule has 0 spiro atoms. The monoisotopic (exact) mass is 580 g/mol. The molecule has 44 heavy (non-hydrogen) atoms. The van der Waals surface area contributed by atoms with Gasteiger partial charge in [-0.15, -0.1) is 0 Å². The highest BCUT2D eigenvalue weighted by Gasteiger charge is 2.15. The number of rotatable bonds is 8. The van der Waals surface area contributed by atoms with Crippen LogP contribution in [-0.2, 0) is 6.42 Å². The molecule has 0 aliphatic heterocycles. The molecule has 0 atom stereocenters. The molecule has 0 unspecified atom stereocenters. The predicted molar refractivity (Wildman–Crippen MR) is 176 cm³/mol. The first-order chi connectivity index (χ1) is 21.4. The fraction of sp³-hybridized carbons (Fsp3) is 0.158. The number of halogens is 1. The molecule has 6 heteroatoms. The van der Waals surface area contributed by atoms with Gasteiger partial charge in [0.05, 0.1) is 22.9 Å². The first-order valence-electron chi connectivity index (χ1n) is 15.0. The molecular formula is C38H33FN4O. The van der Waals surface area contributed by atoms with Crippen molar-refractivity contribution in [2.24, 2.45) is 5.92 Å². The second kappa shape index (κ2) is 11.5. The van der Waals surface area contributed by atoms with Gasteiger partial charge in [0.15, 0.2) is 0 Å². The molecule has 0 aliphatic rings. The van der Waals surface area contributed by atoms with Crippen LogP contribution in [0.2, 0.25) is 0 Å². The fourth-order valence-corrected chi connectivity index (χ4v) is 5.99. The van der Waals surface area contributed by atoms with Gasteiger partial charge >= 0.3 is 0 Å². The van der Waals surface area contributed by atoms with Crippen LogP contribution >= 0.6 is 0 Å². The van der Waals surface area contributed by atoms with Gasteiger partial charge in [0.1, 0.15) is 23.1 Å². The van der Waals surface area contributed by atoms with Crippen LogP contribution in [0.4, 0.5) is 4.39 Å². The van der Waals surface area contributed by atoms with Gasteiger partial charge in [0, 0.05) is 46.9 Å². The van der Waals surface area contributed by atoms with Crippen molar-refractivity contribution < 1.29 is 9.13 Å². The van der Waals surface area contributed by atoms with Crippen molar-refractivity contribution in [1.29, 1.82) is 0 Å². The van der Waals surface area contributed by atoms with Crippen molar-refractivity contribution in [3.63, 3.8) is 0 Å². The summed E-state index contributed by atoms with van der Waals surface area (Å²) in [6.07, 6.45) is 7.72. The summed E-state index contributed by atoms with van der Waals surface area (Å²) in [6.45, 7) is 6.70. The third-order valence-electron chi connectivity index (χ3n) is 8.12. The molecule has 0 radical (unpaired) electrons. The van der Waals surface area contributed by atoms with Crippen molar-refractivity contribution in [1.82, 2.24) is 19.3 Å². The third kappa shape index (κ3) is 5.24. The van der Waals surface area contributed by atoms with Gasteiger partial charge in [-0.2, -0.15) is 5.10 Å². The van der Waals surface area contributed by atoms with E-state index in [2.05, 4.69) is 56.2 Å². The summed E-state index contributed by atoms with van der Waals surface area (Å²) >= 11 is 0. The molecule has 0 amide bonds. The molecule has 4 aromatic carbocycles. The van der Waals surface area contributed by atoms with Crippen LogP contribution in [0.25, 0.3) is 44.4 Å². The van der Waals surface area contributed by atoms with Gasteiger partial charge in [-0.3, -0.25) is 4.57 Å². The van der Waals surface area contributed by atoms with Crippen molar-refractivity contribution in [2.45, 2.75) is 33.6 Å². The van der Waals surface area contributed by atoms with Gasteiger partial charge in [-0.1, -0.05) is 56.3 Å². The lowest BCUT2D eigenvalue weighted by Crippen LogP contribution is -1.98. The normalized spacial score (nSPS) is 11.6. The fourth-order valence-electron chi connectivity index (χ4n) is 5.99. The van der Waals surface area contributed by atoms with E-state index in [-0.39, 0.29) is 5.82 Å². The summed E-state index contributed by atoms with van der Waals surface area (Å²) in [7, 11) is 0. The van der Waals surface area contributed by atoms with Crippen molar-refractivity contribution >= 4 is 21.8 Å². The maximum atomic E-state index is 14.2. The maximum Gasteiger partial charge on any atom is 0.140 e. The first kappa shape index (κ1) is 27.6. The van der Waals surface area contributed by atoms with Crippen molar-refractivity contribution in [3.8, 4) is 34.1 Å². The minimum atomic E-state index is -0.332. The molecule has 0 saturated carbocycles. The largest absolute Gasteiger partial charge is 0.457 e.